The van der Waals surface area contributed by atoms with Crippen LogP contribution in [-0.4, -0.2) is 117 Å². The number of rotatable bonds is 32. The Bertz CT molecular complexity index is 2590. The molecule has 84 heavy (non-hydrogen) atoms. The second kappa shape index (κ2) is 30.6. The molecule has 5 aliphatic heterocycles. The van der Waals surface area contributed by atoms with Crippen molar-refractivity contribution >= 4 is 58.9 Å². The average Bonchev–Trinajstić information content (AvgIpc) is 3.94. The molecule has 0 aliphatic carbocycles. The van der Waals surface area contributed by atoms with Crippen LogP contribution in [-0.2, 0) is 66.7 Å². The fraction of sp³-hybridized carbons (Fsp3) is 0.758. The number of aliphatic imine (C=N–C) groups is 3. The molecule has 9 atom stereocenters. The predicted octanol–water partition coefficient (Wildman–Crippen LogP) is 12.0. The number of esters is 7. The molecule has 1 unspecified atom stereocenters. The van der Waals surface area contributed by atoms with Crippen molar-refractivity contribution in [2.24, 2.45) is 60.3 Å². The fourth-order valence-corrected chi connectivity index (χ4v) is 13.7. The lowest BCUT2D eigenvalue weighted by molar-refractivity contribution is -0.150. The van der Waals surface area contributed by atoms with Crippen molar-refractivity contribution in [3.63, 3.8) is 0 Å². The molecular formula is C66H102N4O14. The number of fused-ring (bicyclic) bond motifs is 6. The van der Waals surface area contributed by atoms with Crippen LogP contribution in [0.25, 0.3) is 0 Å². The first-order valence-electron chi connectivity index (χ1n) is 31.6. The van der Waals surface area contributed by atoms with Crippen LogP contribution in [0.2, 0.25) is 0 Å². The number of nitrogens with one attached hydrogen (secondary N) is 1. The van der Waals surface area contributed by atoms with Gasteiger partial charge in [0.1, 0.15) is 0 Å². The summed E-state index contributed by atoms with van der Waals surface area (Å²) in [6, 6.07) is -0.893. The Morgan fingerprint density at radius 1 is 0.512 bits per heavy atom. The van der Waals surface area contributed by atoms with Crippen LogP contribution >= 0.6 is 0 Å². The minimum atomic E-state index is -1.39. The summed E-state index contributed by atoms with van der Waals surface area (Å²) in [6.07, 6.45) is 7.04. The first kappa shape index (κ1) is 69.1. The Morgan fingerprint density at radius 3 is 1.43 bits per heavy atom. The van der Waals surface area contributed by atoms with Crippen molar-refractivity contribution in [3.05, 3.63) is 34.3 Å². The van der Waals surface area contributed by atoms with E-state index in [1.54, 1.807) is 0 Å². The maximum atomic E-state index is 14.7. The molecule has 5 aliphatic rings. The zero-order valence-corrected chi connectivity index (χ0v) is 53.7. The van der Waals surface area contributed by atoms with Gasteiger partial charge in [0.05, 0.1) is 77.1 Å². The van der Waals surface area contributed by atoms with Crippen LogP contribution in [0.15, 0.2) is 49.3 Å². The van der Waals surface area contributed by atoms with Crippen molar-refractivity contribution < 1.29 is 66.7 Å². The van der Waals surface area contributed by atoms with Crippen LogP contribution < -0.4 is 5.32 Å². The normalized spacial score (nSPS) is 29.9. The molecule has 470 valence electrons. The van der Waals surface area contributed by atoms with E-state index in [1.807, 2.05) is 96.1 Å². The van der Waals surface area contributed by atoms with Gasteiger partial charge in [0.25, 0.3) is 0 Å². The van der Waals surface area contributed by atoms with E-state index in [0.717, 1.165) is 0 Å². The summed E-state index contributed by atoms with van der Waals surface area (Å²) in [7, 11) is 0. The molecule has 18 nitrogen and oxygen atoms in total. The number of hydrogen-bond donors (Lipinski definition) is 1. The smallest absolute Gasteiger partial charge is 0.306 e. The number of carbonyl (C=O) groups excluding carboxylic acids is 7. The van der Waals surface area contributed by atoms with Crippen LogP contribution in [0, 0.1) is 45.3 Å². The molecule has 18 heteroatoms. The van der Waals surface area contributed by atoms with Gasteiger partial charge in [-0.15, -0.1) is 0 Å². The van der Waals surface area contributed by atoms with Gasteiger partial charge in [-0.2, -0.15) is 0 Å². The van der Waals surface area contributed by atoms with E-state index >= 15 is 0 Å². The highest BCUT2D eigenvalue weighted by Crippen LogP contribution is 2.63. The van der Waals surface area contributed by atoms with Crippen molar-refractivity contribution in [1.82, 2.24) is 5.32 Å². The maximum absolute atomic E-state index is 14.7. The number of nitrogens with zero attached hydrogens (tertiary/aromatic N) is 3. The minimum absolute atomic E-state index is 0.0119. The maximum Gasteiger partial charge on any atom is 0.306 e. The van der Waals surface area contributed by atoms with Crippen molar-refractivity contribution in [2.45, 2.75) is 231 Å². The first-order valence-corrected chi connectivity index (χ1v) is 31.6. The van der Waals surface area contributed by atoms with Crippen molar-refractivity contribution in [1.29, 1.82) is 0 Å². The summed E-state index contributed by atoms with van der Waals surface area (Å²) < 4.78 is 40.6. The molecule has 0 aromatic rings. The highest BCUT2D eigenvalue weighted by atomic mass is 16.6. The second-order valence-corrected chi connectivity index (χ2v) is 25.3. The highest BCUT2D eigenvalue weighted by Gasteiger charge is 2.67. The van der Waals surface area contributed by atoms with Gasteiger partial charge in [-0.1, -0.05) is 83.1 Å². The number of ether oxygens (including phenoxy) is 7. The van der Waals surface area contributed by atoms with Crippen molar-refractivity contribution in [2.75, 3.05) is 46.2 Å². The van der Waals surface area contributed by atoms with Gasteiger partial charge >= 0.3 is 41.8 Å². The standard InChI is InChI=1S/C66H102N4O14/c1-16-31-78-50(71)26-23-44-48-39-49-62(10,11)45(24-27-51(72)79-32-17-2)57(68-49)42(8)59-63(12,30-29-53(74)81-34-19-4)47(38-54(75)82-35-20-5)61(69-59)66(15)65(14,41-56(77)84-37-22-7)46(25-28-52(73)80-33-18-3)58(70-66)43(9)60(67-48)64(44,13)40-55(76)83-36-21-6/h39,44-47,61,67H,16-38,40-41H2,1-15H3/b48-39-,57-42-,60-43-/t44-,45-,46-,47+,61?,63-,64+,65+,66+/m1/s1. The average molecular weight is 1180 g/mol. The van der Waals surface area contributed by atoms with E-state index in [9.17, 15) is 33.6 Å². The topological polar surface area (TPSA) is 233 Å². The SMILES string of the molecule is CCCOC(=O)CC[C@@H]1/C2=C(\C)C3=NC([C@H](CC(=O)OCCC)[C@@]3(C)CCC(=O)OCCC)[C@]3(C)N=C(/C(C)=C4\N/C(=C\C(=N2)C1(C)C)[C@@H](CCC(=O)OCCC)[C@]4(C)CC(=O)OCCC)[C@@H](CCC(=O)OCCC)[C@]3(C)CC(=O)OCCC. The molecule has 0 spiro atoms. The van der Waals surface area contributed by atoms with Gasteiger partial charge in [0, 0.05) is 105 Å². The zero-order valence-electron chi connectivity index (χ0n) is 53.7. The lowest BCUT2D eigenvalue weighted by atomic mass is 9.55. The lowest BCUT2D eigenvalue weighted by Gasteiger charge is -2.48. The highest BCUT2D eigenvalue weighted by molar-refractivity contribution is 6.10. The number of carbonyl (C=O) groups is 7. The Hall–Kier alpha value is -5.68. The summed E-state index contributed by atoms with van der Waals surface area (Å²) in [5.74, 6) is -5.21. The van der Waals surface area contributed by atoms with Crippen LogP contribution in [0.5, 0.6) is 0 Å². The van der Waals surface area contributed by atoms with Crippen molar-refractivity contribution in [3.8, 4) is 0 Å². The predicted molar refractivity (Wildman–Crippen MR) is 323 cm³/mol. The monoisotopic (exact) mass is 1170 g/mol. The first-order chi connectivity index (χ1) is 39.8. The number of allylic oxidation sites excluding steroid dienone is 6. The van der Waals surface area contributed by atoms with Crippen LogP contribution in [0.1, 0.15) is 219 Å². The zero-order chi connectivity index (χ0) is 62.2. The van der Waals surface area contributed by atoms with Gasteiger partial charge in [-0.3, -0.25) is 48.5 Å². The van der Waals surface area contributed by atoms with E-state index in [-0.39, 0.29) is 122 Å². The number of hydrogen-bond acceptors (Lipinski definition) is 18. The van der Waals surface area contributed by atoms with Gasteiger partial charge in [0.15, 0.2) is 0 Å². The van der Waals surface area contributed by atoms with Gasteiger partial charge in [-0.05, 0) is 109 Å². The van der Waals surface area contributed by atoms with E-state index in [1.165, 1.54) is 0 Å². The molecule has 1 fully saturated rings. The molecule has 5 rings (SSSR count). The lowest BCUT2D eigenvalue weighted by Crippen LogP contribution is -2.55. The van der Waals surface area contributed by atoms with E-state index in [2.05, 4.69) is 19.2 Å². The Kier molecular flexibility index (Phi) is 25.2. The Balaban J connectivity index is 2.03. The molecule has 1 N–H and O–H groups in total. The van der Waals surface area contributed by atoms with E-state index in [0.29, 0.717) is 96.7 Å². The quantitative estimate of drug-likeness (QED) is 0.0487. The molecule has 0 aromatic heterocycles. The molecular weight excluding hydrogens is 1070 g/mol. The van der Waals surface area contributed by atoms with Gasteiger partial charge < -0.3 is 38.5 Å². The fourth-order valence-electron chi connectivity index (χ4n) is 13.7. The van der Waals surface area contributed by atoms with E-state index in [4.69, 9.17) is 48.1 Å². The molecule has 0 aromatic carbocycles. The summed E-state index contributed by atoms with van der Waals surface area (Å²) in [4.78, 5) is 116. The Labute approximate surface area is 501 Å². The Morgan fingerprint density at radius 2 is 0.940 bits per heavy atom. The summed E-state index contributed by atoms with van der Waals surface area (Å²) >= 11 is 0. The molecule has 0 radical (unpaired) electrons. The summed E-state index contributed by atoms with van der Waals surface area (Å²) in [5, 5.41) is 3.86. The molecule has 0 saturated carbocycles. The van der Waals surface area contributed by atoms with Gasteiger partial charge in [-0.25, -0.2) is 0 Å². The van der Waals surface area contributed by atoms with Crippen LogP contribution in [0.3, 0.4) is 0 Å². The van der Waals surface area contributed by atoms with Gasteiger partial charge in [0.2, 0.25) is 0 Å². The minimum Gasteiger partial charge on any atom is -0.466 e. The summed E-state index contributed by atoms with van der Waals surface area (Å²) in [5.41, 5.74) is -0.291. The third-order valence-corrected chi connectivity index (χ3v) is 18.5. The summed E-state index contributed by atoms with van der Waals surface area (Å²) in [6.45, 7) is 31.3. The largest absolute Gasteiger partial charge is 0.466 e. The molecule has 1 saturated heterocycles. The molecule has 5 heterocycles. The third kappa shape index (κ3) is 15.5. The third-order valence-electron chi connectivity index (χ3n) is 18.5. The second-order valence-electron chi connectivity index (χ2n) is 25.3. The van der Waals surface area contributed by atoms with Crippen LogP contribution in [0.4, 0.5) is 0 Å². The van der Waals surface area contributed by atoms with E-state index < -0.39 is 86.8 Å². The molecule has 8 bridgehead atoms. The molecule has 0 amide bonds.